The maximum atomic E-state index is 12.6. The minimum absolute atomic E-state index is 0.200. The van der Waals surface area contributed by atoms with Gasteiger partial charge >= 0.3 is 0 Å². The van der Waals surface area contributed by atoms with Gasteiger partial charge in [0.05, 0.1) is 7.11 Å². The number of anilines is 3. The summed E-state index contributed by atoms with van der Waals surface area (Å²) in [5.74, 6) is 1.13. The number of rotatable bonds is 6. The number of carbonyl (C=O) groups is 1. The first-order chi connectivity index (χ1) is 13.1. The summed E-state index contributed by atoms with van der Waals surface area (Å²) in [4.78, 5) is 17.0. The molecule has 2 aromatic carbocycles. The number of nitrogens with zero attached hydrogens (tertiary/aromatic N) is 1. The number of hydrogen-bond donors (Lipinski definition) is 2. The van der Waals surface area contributed by atoms with Gasteiger partial charge in [0.15, 0.2) is 0 Å². The molecule has 3 aromatic rings. The zero-order valence-corrected chi connectivity index (χ0v) is 15.7. The van der Waals surface area contributed by atoms with Crippen molar-refractivity contribution in [2.45, 2.75) is 20.3 Å². The molecule has 27 heavy (non-hydrogen) atoms. The fourth-order valence-corrected chi connectivity index (χ4v) is 2.87. The molecule has 0 fully saturated rings. The second-order valence-corrected chi connectivity index (χ2v) is 6.20. The molecule has 0 spiro atoms. The predicted octanol–water partition coefficient (Wildman–Crippen LogP) is 4.96. The normalized spacial score (nSPS) is 10.3. The van der Waals surface area contributed by atoms with Crippen LogP contribution in [0.4, 0.5) is 17.2 Å². The standard InChI is InChI=1S/C22H23N3O2/c1-4-16-8-5-7-15(2)21(16)25-20-13-17(11-12-23-20)22(26)24-18-9-6-10-19(14-18)27-3/h5-14H,4H2,1-3H3,(H,23,25)(H,24,26). The van der Waals surface area contributed by atoms with Crippen molar-refractivity contribution in [3.8, 4) is 5.75 Å². The molecule has 0 aliphatic carbocycles. The highest BCUT2D eigenvalue weighted by Crippen LogP contribution is 2.25. The first-order valence-electron chi connectivity index (χ1n) is 8.87. The summed E-state index contributed by atoms with van der Waals surface area (Å²) < 4.78 is 5.19. The largest absolute Gasteiger partial charge is 0.497 e. The first-order valence-corrected chi connectivity index (χ1v) is 8.87. The molecule has 0 unspecified atom stereocenters. The molecule has 1 amide bonds. The topological polar surface area (TPSA) is 63.2 Å². The summed E-state index contributed by atoms with van der Waals surface area (Å²) in [5, 5.41) is 6.24. The van der Waals surface area contributed by atoms with Crippen LogP contribution in [0.2, 0.25) is 0 Å². The lowest BCUT2D eigenvalue weighted by atomic mass is 10.1. The highest BCUT2D eigenvalue weighted by Gasteiger charge is 2.10. The van der Waals surface area contributed by atoms with E-state index in [9.17, 15) is 4.79 Å². The zero-order valence-electron chi connectivity index (χ0n) is 15.7. The molecule has 1 aromatic heterocycles. The van der Waals surface area contributed by atoms with E-state index >= 15 is 0 Å². The van der Waals surface area contributed by atoms with Crippen molar-refractivity contribution in [3.63, 3.8) is 0 Å². The van der Waals surface area contributed by atoms with Crippen LogP contribution in [0.1, 0.15) is 28.4 Å². The Morgan fingerprint density at radius 3 is 2.70 bits per heavy atom. The van der Waals surface area contributed by atoms with Crippen LogP contribution < -0.4 is 15.4 Å². The highest BCUT2D eigenvalue weighted by molar-refractivity contribution is 6.04. The molecule has 0 atom stereocenters. The van der Waals surface area contributed by atoms with Crippen molar-refractivity contribution in [1.82, 2.24) is 4.98 Å². The maximum absolute atomic E-state index is 12.6. The Bertz CT molecular complexity index is 954. The fourth-order valence-electron chi connectivity index (χ4n) is 2.87. The number of benzene rings is 2. The number of hydrogen-bond acceptors (Lipinski definition) is 4. The van der Waals surface area contributed by atoms with Crippen LogP contribution in [0, 0.1) is 6.92 Å². The fraction of sp³-hybridized carbons (Fsp3) is 0.182. The summed E-state index contributed by atoms with van der Waals surface area (Å²) in [5.41, 5.74) is 4.60. The molecule has 5 heteroatoms. The Morgan fingerprint density at radius 1 is 1.11 bits per heavy atom. The van der Waals surface area contributed by atoms with E-state index in [-0.39, 0.29) is 5.91 Å². The molecule has 2 N–H and O–H groups in total. The number of amides is 1. The van der Waals surface area contributed by atoms with Gasteiger partial charge in [0.1, 0.15) is 11.6 Å². The van der Waals surface area contributed by atoms with Crippen LogP contribution in [-0.2, 0) is 6.42 Å². The molecular weight excluding hydrogens is 338 g/mol. The second kappa shape index (κ2) is 8.36. The van der Waals surface area contributed by atoms with Gasteiger partial charge in [-0.3, -0.25) is 4.79 Å². The predicted molar refractivity (Wildman–Crippen MR) is 109 cm³/mol. The van der Waals surface area contributed by atoms with E-state index in [1.54, 1.807) is 31.5 Å². The molecule has 0 aliphatic rings. The van der Waals surface area contributed by atoms with Gasteiger partial charge in [-0.2, -0.15) is 0 Å². The number of ether oxygens (including phenoxy) is 1. The summed E-state index contributed by atoms with van der Waals surface area (Å²) in [6, 6.07) is 16.9. The molecule has 0 saturated carbocycles. The quantitative estimate of drug-likeness (QED) is 0.651. The van der Waals surface area contributed by atoms with E-state index in [2.05, 4.69) is 41.6 Å². The minimum Gasteiger partial charge on any atom is -0.497 e. The SMILES string of the molecule is CCc1cccc(C)c1Nc1cc(C(=O)Nc2cccc(OC)c2)ccn1. The van der Waals surface area contributed by atoms with Crippen LogP contribution in [0.15, 0.2) is 60.8 Å². The minimum atomic E-state index is -0.200. The van der Waals surface area contributed by atoms with Gasteiger partial charge in [0, 0.05) is 29.2 Å². The van der Waals surface area contributed by atoms with Gasteiger partial charge in [0.2, 0.25) is 0 Å². The average Bonchev–Trinajstić information content (AvgIpc) is 2.70. The molecule has 0 saturated heterocycles. The Hall–Kier alpha value is -3.34. The van der Waals surface area contributed by atoms with Gasteiger partial charge in [-0.1, -0.05) is 31.2 Å². The molecular formula is C22H23N3O2. The molecule has 1 heterocycles. The monoisotopic (exact) mass is 361 g/mol. The Kier molecular flexibility index (Phi) is 5.71. The second-order valence-electron chi connectivity index (χ2n) is 6.20. The summed E-state index contributed by atoms with van der Waals surface area (Å²) >= 11 is 0. The summed E-state index contributed by atoms with van der Waals surface area (Å²) in [7, 11) is 1.60. The van der Waals surface area contributed by atoms with E-state index < -0.39 is 0 Å². The lowest BCUT2D eigenvalue weighted by Crippen LogP contribution is -2.12. The number of nitrogens with one attached hydrogen (secondary N) is 2. The summed E-state index contributed by atoms with van der Waals surface area (Å²) in [6.07, 6.45) is 2.55. The van der Waals surface area contributed by atoms with Crippen LogP contribution in [-0.4, -0.2) is 18.0 Å². The Balaban J connectivity index is 1.80. The molecule has 0 aliphatic heterocycles. The third-order valence-corrected chi connectivity index (χ3v) is 4.34. The van der Waals surface area contributed by atoms with Gasteiger partial charge in [0.25, 0.3) is 5.91 Å². The number of carbonyl (C=O) groups excluding carboxylic acids is 1. The third-order valence-electron chi connectivity index (χ3n) is 4.34. The Morgan fingerprint density at radius 2 is 1.93 bits per heavy atom. The van der Waals surface area contributed by atoms with Crippen molar-refractivity contribution in [1.29, 1.82) is 0 Å². The van der Waals surface area contributed by atoms with Crippen LogP contribution in [0.5, 0.6) is 5.75 Å². The maximum Gasteiger partial charge on any atom is 0.255 e. The lowest BCUT2D eigenvalue weighted by Gasteiger charge is -2.14. The zero-order chi connectivity index (χ0) is 19.2. The number of aryl methyl sites for hydroxylation is 2. The van der Waals surface area contributed by atoms with Gasteiger partial charge < -0.3 is 15.4 Å². The van der Waals surface area contributed by atoms with E-state index in [4.69, 9.17) is 4.74 Å². The number of methoxy groups -OCH3 is 1. The molecule has 0 radical (unpaired) electrons. The average molecular weight is 361 g/mol. The third kappa shape index (κ3) is 4.44. The summed E-state index contributed by atoms with van der Waals surface area (Å²) in [6.45, 7) is 4.17. The van der Waals surface area contributed by atoms with Crippen LogP contribution in [0.25, 0.3) is 0 Å². The van der Waals surface area contributed by atoms with E-state index in [0.717, 1.165) is 17.7 Å². The number of pyridine rings is 1. The van der Waals surface area contributed by atoms with Crippen molar-refractivity contribution < 1.29 is 9.53 Å². The van der Waals surface area contributed by atoms with Crippen molar-refractivity contribution in [3.05, 3.63) is 77.5 Å². The van der Waals surface area contributed by atoms with Crippen LogP contribution >= 0.6 is 0 Å². The van der Waals surface area contributed by atoms with Gasteiger partial charge in [-0.15, -0.1) is 0 Å². The number of para-hydroxylation sites is 1. The highest BCUT2D eigenvalue weighted by atomic mass is 16.5. The Labute approximate surface area is 159 Å². The van der Waals surface area contributed by atoms with E-state index in [1.807, 2.05) is 24.3 Å². The van der Waals surface area contributed by atoms with Gasteiger partial charge in [-0.05, 0) is 48.7 Å². The smallest absolute Gasteiger partial charge is 0.255 e. The molecule has 0 bridgehead atoms. The number of aromatic nitrogens is 1. The van der Waals surface area contributed by atoms with Crippen molar-refractivity contribution in [2.75, 3.05) is 17.7 Å². The molecule has 3 rings (SSSR count). The van der Waals surface area contributed by atoms with E-state index in [0.29, 0.717) is 22.8 Å². The van der Waals surface area contributed by atoms with Crippen molar-refractivity contribution >= 4 is 23.1 Å². The van der Waals surface area contributed by atoms with Crippen LogP contribution in [0.3, 0.4) is 0 Å². The van der Waals surface area contributed by atoms with Crippen molar-refractivity contribution in [2.24, 2.45) is 0 Å². The lowest BCUT2D eigenvalue weighted by molar-refractivity contribution is 0.102. The molecule has 138 valence electrons. The van der Waals surface area contributed by atoms with Gasteiger partial charge in [-0.25, -0.2) is 4.98 Å². The van der Waals surface area contributed by atoms with E-state index in [1.165, 1.54) is 5.56 Å². The first kappa shape index (κ1) is 18.5. The molecule has 5 nitrogen and oxygen atoms in total.